The number of carbonyl (C=O) groups excluding carboxylic acids is 2. The molecular formula is C26H33N3O5. The molecule has 34 heavy (non-hydrogen) atoms. The summed E-state index contributed by atoms with van der Waals surface area (Å²) in [5, 5.41) is 3.97. The van der Waals surface area contributed by atoms with E-state index < -0.39 is 5.54 Å². The summed E-state index contributed by atoms with van der Waals surface area (Å²) in [5.41, 5.74) is 0.0793. The van der Waals surface area contributed by atoms with Crippen molar-refractivity contribution in [1.29, 1.82) is 0 Å². The minimum atomic E-state index is -1.14. The van der Waals surface area contributed by atoms with Crippen molar-refractivity contribution in [1.82, 2.24) is 14.8 Å². The van der Waals surface area contributed by atoms with E-state index in [0.717, 1.165) is 30.2 Å². The van der Waals surface area contributed by atoms with Crippen molar-refractivity contribution < 1.29 is 23.5 Å². The maximum absolute atomic E-state index is 13.9. The number of benzene rings is 1. The fourth-order valence-electron chi connectivity index (χ4n) is 4.83. The molecule has 2 unspecified atom stereocenters. The summed E-state index contributed by atoms with van der Waals surface area (Å²) >= 11 is 0. The van der Waals surface area contributed by atoms with E-state index >= 15 is 0 Å². The predicted octanol–water partition coefficient (Wildman–Crippen LogP) is 4.36. The lowest BCUT2D eigenvalue weighted by molar-refractivity contribution is -0.134. The molecule has 0 saturated heterocycles. The van der Waals surface area contributed by atoms with Gasteiger partial charge in [0.15, 0.2) is 0 Å². The minimum Gasteiger partial charge on any atom is -0.496 e. The summed E-state index contributed by atoms with van der Waals surface area (Å²) in [6.07, 6.45) is 4.24. The Labute approximate surface area is 199 Å². The first kappa shape index (κ1) is 23.7. The first-order valence-corrected chi connectivity index (χ1v) is 11.8. The van der Waals surface area contributed by atoms with Crippen molar-refractivity contribution in [3.05, 3.63) is 48.0 Å². The highest BCUT2D eigenvalue weighted by Gasteiger charge is 2.48. The average molecular weight is 468 g/mol. The summed E-state index contributed by atoms with van der Waals surface area (Å²) in [7, 11) is 3.19. The van der Waals surface area contributed by atoms with Gasteiger partial charge in [0.25, 0.3) is 5.91 Å². The summed E-state index contributed by atoms with van der Waals surface area (Å²) in [5.74, 6) is 1.46. The van der Waals surface area contributed by atoms with E-state index in [4.69, 9.17) is 13.9 Å². The second-order valence-corrected chi connectivity index (χ2v) is 8.96. The molecular weight excluding hydrogens is 434 g/mol. The predicted molar refractivity (Wildman–Crippen MR) is 129 cm³/mol. The van der Waals surface area contributed by atoms with Crippen molar-refractivity contribution in [3.63, 3.8) is 0 Å². The Balaban J connectivity index is 1.85. The number of furan rings is 1. The normalized spacial score (nSPS) is 18.6. The first-order valence-electron chi connectivity index (χ1n) is 11.8. The molecule has 1 aliphatic rings. The van der Waals surface area contributed by atoms with Gasteiger partial charge in [-0.2, -0.15) is 0 Å². The molecule has 1 aromatic carbocycles. The number of nitrogens with one attached hydrogen (secondary N) is 1. The van der Waals surface area contributed by atoms with Crippen molar-refractivity contribution in [2.24, 2.45) is 0 Å². The van der Waals surface area contributed by atoms with Gasteiger partial charge in [-0.25, -0.2) is 0 Å². The molecule has 3 aromatic rings. The molecule has 2 amide bonds. The molecule has 8 heteroatoms. The van der Waals surface area contributed by atoms with Crippen molar-refractivity contribution in [3.8, 4) is 11.5 Å². The Kier molecular flexibility index (Phi) is 6.59. The molecule has 0 radical (unpaired) electrons. The van der Waals surface area contributed by atoms with Crippen LogP contribution < -0.4 is 14.8 Å². The number of aromatic nitrogens is 1. The molecule has 1 aliphatic heterocycles. The molecule has 2 aromatic heterocycles. The molecule has 0 fully saturated rings. The van der Waals surface area contributed by atoms with Gasteiger partial charge in [-0.3, -0.25) is 9.59 Å². The molecule has 2 atom stereocenters. The molecule has 8 nitrogen and oxygen atoms in total. The van der Waals surface area contributed by atoms with E-state index in [9.17, 15) is 9.59 Å². The van der Waals surface area contributed by atoms with E-state index in [1.165, 1.54) is 0 Å². The van der Waals surface area contributed by atoms with Crippen molar-refractivity contribution in [2.45, 2.75) is 64.7 Å². The molecule has 4 rings (SSSR count). The first-order chi connectivity index (χ1) is 16.4. The number of fused-ring (bicyclic) bond motifs is 3. The number of rotatable bonds is 9. The summed E-state index contributed by atoms with van der Waals surface area (Å²) in [4.78, 5) is 29.3. The van der Waals surface area contributed by atoms with Crippen molar-refractivity contribution in [2.75, 3.05) is 14.2 Å². The van der Waals surface area contributed by atoms with Gasteiger partial charge in [0.1, 0.15) is 28.5 Å². The second kappa shape index (κ2) is 9.44. The van der Waals surface area contributed by atoms with Crippen molar-refractivity contribution >= 4 is 22.7 Å². The van der Waals surface area contributed by atoms with Gasteiger partial charge < -0.3 is 28.7 Å². The molecule has 0 saturated carbocycles. The van der Waals surface area contributed by atoms with Crippen LogP contribution in [-0.2, 0) is 17.9 Å². The van der Waals surface area contributed by atoms with Crippen LogP contribution in [0.4, 0.5) is 0 Å². The third-order valence-corrected chi connectivity index (χ3v) is 6.80. The molecule has 3 heterocycles. The van der Waals surface area contributed by atoms with Crippen LogP contribution in [-0.4, -0.2) is 47.1 Å². The van der Waals surface area contributed by atoms with Crippen LogP contribution in [0.5, 0.6) is 11.5 Å². The third kappa shape index (κ3) is 3.91. The Morgan fingerprint density at radius 1 is 1.21 bits per heavy atom. The van der Waals surface area contributed by atoms with Crippen LogP contribution in [0.25, 0.3) is 10.9 Å². The van der Waals surface area contributed by atoms with Gasteiger partial charge in [-0.15, -0.1) is 0 Å². The zero-order valence-electron chi connectivity index (χ0n) is 20.5. The van der Waals surface area contributed by atoms with Gasteiger partial charge in [0.05, 0.1) is 39.1 Å². The maximum Gasteiger partial charge on any atom is 0.271 e. The number of carbonyl (C=O) groups is 2. The number of amides is 2. The molecule has 182 valence electrons. The summed E-state index contributed by atoms with van der Waals surface area (Å²) < 4.78 is 18.6. The van der Waals surface area contributed by atoms with Gasteiger partial charge in [-0.1, -0.05) is 20.3 Å². The lowest BCUT2D eigenvalue weighted by Gasteiger charge is -2.44. The van der Waals surface area contributed by atoms with E-state index in [-0.39, 0.29) is 30.9 Å². The van der Waals surface area contributed by atoms with Gasteiger partial charge in [-0.05, 0) is 50.1 Å². The zero-order chi connectivity index (χ0) is 24.5. The highest BCUT2D eigenvalue weighted by Crippen LogP contribution is 2.40. The smallest absolute Gasteiger partial charge is 0.271 e. The third-order valence-electron chi connectivity index (χ3n) is 6.80. The monoisotopic (exact) mass is 467 g/mol. The topological polar surface area (TPSA) is 85.9 Å². The Morgan fingerprint density at radius 3 is 2.56 bits per heavy atom. The lowest BCUT2D eigenvalue weighted by Crippen LogP contribution is -2.64. The van der Waals surface area contributed by atoms with Crippen LogP contribution in [0.3, 0.4) is 0 Å². The van der Waals surface area contributed by atoms with E-state index in [0.29, 0.717) is 23.0 Å². The van der Waals surface area contributed by atoms with E-state index in [1.54, 1.807) is 31.4 Å². The number of hydrogen-bond acceptors (Lipinski definition) is 5. The fraction of sp³-hybridized carbons (Fsp3) is 0.462. The van der Waals surface area contributed by atoms with Crippen LogP contribution in [0, 0.1) is 0 Å². The number of hydrogen-bond donors (Lipinski definition) is 1. The number of methoxy groups -OCH3 is 2. The summed E-state index contributed by atoms with van der Waals surface area (Å²) in [6, 6.07) is 9.10. The Hall–Kier alpha value is -3.42. The van der Waals surface area contributed by atoms with E-state index in [2.05, 4.69) is 19.2 Å². The molecule has 1 N–H and O–H groups in total. The lowest BCUT2D eigenvalue weighted by atomic mass is 9.93. The van der Waals surface area contributed by atoms with Gasteiger partial charge >= 0.3 is 0 Å². The van der Waals surface area contributed by atoms with Crippen LogP contribution >= 0.6 is 0 Å². The molecule has 0 aliphatic carbocycles. The van der Waals surface area contributed by atoms with Gasteiger partial charge in [0, 0.05) is 11.4 Å². The highest BCUT2D eigenvalue weighted by molar-refractivity contribution is 6.05. The quantitative estimate of drug-likeness (QED) is 0.505. The average Bonchev–Trinajstić information content (AvgIpc) is 3.49. The van der Waals surface area contributed by atoms with Crippen LogP contribution in [0.2, 0.25) is 0 Å². The minimum absolute atomic E-state index is 0.0484. The van der Waals surface area contributed by atoms with Crippen LogP contribution in [0.15, 0.2) is 41.0 Å². The Morgan fingerprint density at radius 2 is 1.94 bits per heavy atom. The standard InChI is InChI=1S/C26H33N3O5/c1-6-9-17(7-2)27-25(31)26(3)16-28-20(24(30)29(26)15-18-10-8-13-34-18)14-19-21(32-4)11-12-22(33-5)23(19)28/h8,10-14,17H,6-7,9,15-16H2,1-5H3,(H,27,31). The van der Waals surface area contributed by atoms with Gasteiger partial charge in [0.2, 0.25) is 5.91 Å². The fourth-order valence-corrected chi connectivity index (χ4v) is 4.83. The van der Waals surface area contributed by atoms with Crippen LogP contribution in [0.1, 0.15) is 56.3 Å². The number of nitrogens with zero attached hydrogens (tertiary/aromatic N) is 2. The maximum atomic E-state index is 13.9. The Bertz CT molecular complexity index is 1180. The SMILES string of the molecule is CCCC(CC)NC(=O)C1(C)Cn2c(cc3c(OC)ccc(OC)c32)C(=O)N1Cc1ccco1. The molecule has 0 bridgehead atoms. The molecule has 0 spiro atoms. The highest BCUT2D eigenvalue weighted by atomic mass is 16.5. The number of ether oxygens (including phenoxy) is 2. The summed E-state index contributed by atoms with van der Waals surface area (Å²) in [6.45, 7) is 6.45. The zero-order valence-corrected chi connectivity index (χ0v) is 20.5. The second-order valence-electron chi connectivity index (χ2n) is 8.96. The largest absolute Gasteiger partial charge is 0.496 e. The van der Waals surface area contributed by atoms with E-state index in [1.807, 2.05) is 35.8 Å².